The number of aromatic amines is 1. The van der Waals surface area contributed by atoms with Gasteiger partial charge in [-0.25, -0.2) is 9.18 Å². The van der Waals surface area contributed by atoms with Crippen LogP contribution >= 0.6 is 0 Å². The first-order valence-corrected chi connectivity index (χ1v) is 10.1. The van der Waals surface area contributed by atoms with Gasteiger partial charge in [0.05, 0.1) is 18.7 Å². The van der Waals surface area contributed by atoms with Crippen molar-refractivity contribution in [2.45, 2.75) is 19.9 Å². The van der Waals surface area contributed by atoms with Gasteiger partial charge >= 0.3 is 5.97 Å². The number of aryl methyl sites for hydroxylation is 1. The normalized spacial score (nSPS) is 18.0. The molecule has 0 aliphatic carbocycles. The number of esters is 1. The first-order valence-electron chi connectivity index (χ1n) is 10.1. The Kier molecular flexibility index (Phi) is 6.50. The number of ketones is 1. The Labute approximate surface area is 185 Å². The molecule has 1 atom stereocenters. The van der Waals surface area contributed by atoms with E-state index < -0.39 is 35.3 Å². The Morgan fingerprint density at radius 2 is 1.91 bits per heavy atom. The number of aliphatic hydroxyl groups excluding tert-OH is 1. The molecule has 0 spiro atoms. The molecule has 2 N–H and O–H groups in total. The Morgan fingerprint density at radius 1 is 1.25 bits per heavy atom. The van der Waals surface area contributed by atoms with Crippen molar-refractivity contribution in [2.24, 2.45) is 0 Å². The Bertz CT molecular complexity index is 1120. The van der Waals surface area contributed by atoms with Gasteiger partial charge in [-0.2, -0.15) is 0 Å². The first kappa shape index (κ1) is 23.2. The van der Waals surface area contributed by atoms with Crippen LogP contribution in [-0.2, 0) is 14.3 Å². The highest BCUT2D eigenvalue weighted by molar-refractivity contribution is 6.46. The van der Waals surface area contributed by atoms with Gasteiger partial charge in [-0.05, 0) is 39.6 Å². The predicted molar refractivity (Wildman–Crippen MR) is 116 cm³/mol. The number of benzene rings is 1. The van der Waals surface area contributed by atoms with Gasteiger partial charge in [-0.3, -0.25) is 9.59 Å². The molecule has 1 aromatic heterocycles. The highest BCUT2D eigenvalue weighted by atomic mass is 19.1. The van der Waals surface area contributed by atoms with Crippen molar-refractivity contribution >= 4 is 23.4 Å². The molecule has 1 fully saturated rings. The Balaban J connectivity index is 2.24. The van der Waals surface area contributed by atoms with Gasteiger partial charge in [0.1, 0.15) is 17.3 Å². The van der Waals surface area contributed by atoms with E-state index in [0.717, 1.165) is 0 Å². The van der Waals surface area contributed by atoms with E-state index in [1.807, 2.05) is 19.0 Å². The van der Waals surface area contributed by atoms with Crippen LogP contribution in [0.5, 0.6) is 0 Å². The summed E-state index contributed by atoms with van der Waals surface area (Å²) in [4.78, 5) is 44.0. The van der Waals surface area contributed by atoms with Gasteiger partial charge in [-0.15, -0.1) is 0 Å². The van der Waals surface area contributed by atoms with E-state index in [2.05, 4.69) is 4.98 Å². The molecule has 2 aromatic rings. The molecular weight excluding hydrogens is 417 g/mol. The molecule has 1 amide bonds. The second-order valence-electron chi connectivity index (χ2n) is 7.93. The predicted octanol–water partition coefficient (Wildman–Crippen LogP) is 2.54. The summed E-state index contributed by atoms with van der Waals surface area (Å²) in [5.41, 5.74) is 0.977. The molecule has 9 heteroatoms. The average Bonchev–Trinajstić information content (AvgIpc) is 3.18. The van der Waals surface area contributed by atoms with Crippen LogP contribution in [0.25, 0.3) is 5.76 Å². The van der Waals surface area contributed by atoms with Gasteiger partial charge in [0.25, 0.3) is 11.7 Å². The highest BCUT2D eigenvalue weighted by Gasteiger charge is 2.47. The maximum Gasteiger partial charge on any atom is 0.354 e. The lowest BCUT2D eigenvalue weighted by Gasteiger charge is -2.26. The molecule has 1 saturated heterocycles. The monoisotopic (exact) mass is 443 g/mol. The molecule has 0 radical (unpaired) electrons. The fourth-order valence-corrected chi connectivity index (χ4v) is 3.98. The highest BCUT2D eigenvalue weighted by Crippen LogP contribution is 2.41. The van der Waals surface area contributed by atoms with E-state index >= 15 is 0 Å². The lowest BCUT2D eigenvalue weighted by atomic mass is 9.93. The minimum Gasteiger partial charge on any atom is -0.507 e. The fourth-order valence-electron chi connectivity index (χ4n) is 3.98. The van der Waals surface area contributed by atoms with Crippen LogP contribution in [-0.4, -0.2) is 71.8 Å². The van der Waals surface area contributed by atoms with Crippen molar-refractivity contribution in [2.75, 3.05) is 34.3 Å². The number of rotatable bonds is 6. The van der Waals surface area contributed by atoms with Crippen molar-refractivity contribution < 1.29 is 28.6 Å². The minimum atomic E-state index is -1.11. The van der Waals surface area contributed by atoms with Crippen molar-refractivity contribution in [1.82, 2.24) is 14.8 Å². The van der Waals surface area contributed by atoms with Gasteiger partial charge in [0, 0.05) is 29.9 Å². The van der Waals surface area contributed by atoms with Crippen LogP contribution in [0.2, 0.25) is 0 Å². The maximum absolute atomic E-state index is 14.8. The number of amides is 1. The van der Waals surface area contributed by atoms with Crippen molar-refractivity contribution in [3.05, 3.63) is 63.7 Å². The number of carbonyl (C=O) groups is 3. The number of aliphatic hydroxyl groups is 1. The summed E-state index contributed by atoms with van der Waals surface area (Å²) >= 11 is 0. The third-order valence-corrected chi connectivity index (χ3v) is 5.59. The quantitative estimate of drug-likeness (QED) is 0.308. The lowest BCUT2D eigenvalue weighted by Crippen LogP contribution is -2.35. The SMILES string of the molecule is COC(=O)c1[nH]c(C)c(/C(O)=C2/C(=O)C(=O)N(CCN(C)C)C2c2ccccc2F)c1C. The number of nitrogens with one attached hydrogen (secondary N) is 1. The van der Waals surface area contributed by atoms with E-state index in [9.17, 15) is 23.9 Å². The molecule has 8 nitrogen and oxygen atoms in total. The van der Waals surface area contributed by atoms with Crippen molar-refractivity contribution in [1.29, 1.82) is 0 Å². The number of methoxy groups -OCH3 is 1. The number of hydrogen-bond acceptors (Lipinski definition) is 6. The van der Waals surface area contributed by atoms with E-state index in [-0.39, 0.29) is 28.9 Å². The summed E-state index contributed by atoms with van der Waals surface area (Å²) in [5, 5.41) is 11.2. The molecule has 0 bridgehead atoms. The molecule has 2 heterocycles. The molecule has 1 aliphatic heterocycles. The summed E-state index contributed by atoms with van der Waals surface area (Å²) in [6.07, 6.45) is 0. The standard InChI is InChI=1S/C23H26FN3O5/c1-12-16(13(2)25-18(12)23(31)32-5)20(28)17-19(14-8-6-7-9-15(14)24)27(11-10-26(3)4)22(30)21(17)29/h6-9,19,25,28H,10-11H2,1-5H3/b20-17-. The number of Topliss-reactive ketones (excluding diaryl/α,β-unsaturated/α-hetero) is 1. The fraction of sp³-hybridized carbons (Fsp3) is 0.348. The smallest absolute Gasteiger partial charge is 0.354 e. The summed E-state index contributed by atoms with van der Waals surface area (Å²) in [6, 6.07) is 4.73. The number of halogens is 1. The van der Waals surface area contributed by atoms with E-state index in [0.29, 0.717) is 17.8 Å². The zero-order valence-corrected chi connectivity index (χ0v) is 18.7. The van der Waals surface area contributed by atoms with Crippen LogP contribution in [0.1, 0.15) is 38.9 Å². The van der Waals surface area contributed by atoms with Crippen LogP contribution in [0.4, 0.5) is 4.39 Å². The molecule has 1 unspecified atom stereocenters. The number of ether oxygens (including phenoxy) is 1. The van der Waals surface area contributed by atoms with Crippen LogP contribution in [0.15, 0.2) is 29.8 Å². The van der Waals surface area contributed by atoms with Crippen LogP contribution in [0, 0.1) is 19.7 Å². The van der Waals surface area contributed by atoms with Crippen molar-refractivity contribution in [3.63, 3.8) is 0 Å². The average molecular weight is 443 g/mol. The topological polar surface area (TPSA) is 103 Å². The molecule has 3 rings (SSSR count). The van der Waals surface area contributed by atoms with Crippen molar-refractivity contribution in [3.8, 4) is 0 Å². The third-order valence-electron chi connectivity index (χ3n) is 5.59. The number of carbonyl (C=O) groups excluding carboxylic acids is 3. The summed E-state index contributed by atoms with van der Waals surface area (Å²) in [6.45, 7) is 3.80. The number of hydrogen-bond donors (Lipinski definition) is 2. The molecule has 1 aliphatic rings. The van der Waals surface area contributed by atoms with E-state index in [1.54, 1.807) is 19.9 Å². The minimum absolute atomic E-state index is 0.103. The summed E-state index contributed by atoms with van der Waals surface area (Å²) in [7, 11) is 4.86. The summed E-state index contributed by atoms with van der Waals surface area (Å²) < 4.78 is 19.5. The zero-order chi connectivity index (χ0) is 23.7. The first-order chi connectivity index (χ1) is 15.1. The lowest BCUT2D eigenvalue weighted by molar-refractivity contribution is -0.140. The van der Waals surface area contributed by atoms with Gasteiger partial charge in [-0.1, -0.05) is 18.2 Å². The Hall–Kier alpha value is -3.46. The number of nitrogens with zero attached hydrogens (tertiary/aromatic N) is 2. The molecule has 1 aromatic carbocycles. The van der Waals surface area contributed by atoms with E-state index in [4.69, 9.17) is 4.74 Å². The third kappa shape index (κ3) is 3.91. The second kappa shape index (κ2) is 8.96. The van der Waals surface area contributed by atoms with Gasteiger partial charge in [0.2, 0.25) is 0 Å². The number of H-pyrrole nitrogens is 1. The number of likely N-dealkylation sites (N-methyl/N-ethyl adjacent to an activating group) is 1. The molecular formula is C23H26FN3O5. The maximum atomic E-state index is 14.8. The van der Waals surface area contributed by atoms with Crippen LogP contribution in [0.3, 0.4) is 0 Å². The molecule has 32 heavy (non-hydrogen) atoms. The zero-order valence-electron chi connectivity index (χ0n) is 18.7. The van der Waals surface area contributed by atoms with Gasteiger partial charge < -0.3 is 24.6 Å². The summed E-state index contributed by atoms with van der Waals surface area (Å²) in [5.74, 6) is -3.43. The molecule has 170 valence electrons. The molecule has 0 saturated carbocycles. The van der Waals surface area contributed by atoms with Gasteiger partial charge in [0.15, 0.2) is 0 Å². The number of aromatic nitrogens is 1. The Morgan fingerprint density at radius 3 is 2.50 bits per heavy atom. The second-order valence-corrected chi connectivity index (χ2v) is 7.93. The number of likely N-dealkylation sites (tertiary alicyclic amines) is 1. The largest absolute Gasteiger partial charge is 0.507 e. The van der Waals surface area contributed by atoms with Crippen LogP contribution < -0.4 is 0 Å². The van der Waals surface area contributed by atoms with E-state index in [1.165, 1.54) is 30.2 Å².